The van der Waals surface area contributed by atoms with Crippen LogP contribution in [0, 0.1) is 0 Å². The van der Waals surface area contributed by atoms with Gasteiger partial charge in [-0.25, -0.2) is 4.79 Å². The van der Waals surface area contributed by atoms with Crippen LogP contribution in [0.3, 0.4) is 0 Å². The summed E-state index contributed by atoms with van der Waals surface area (Å²) in [6.07, 6.45) is 0. The summed E-state index contributed by atoms with van der Waals surface area (Å²) >= 11 is 5.89. The number of hydrogen-bond donors (Lipinski definition) is 2. The molecule has 0 saturated heterocycles. The summed E-state index contributed by atoms with van der Waals surface area (Å²) in [6.45, 7) is 3.87. The zero-order valence-electron chi connectivity index (χ0n) is 12.8. The molecule has 116 valence electrons. The van der Waals surface area contributed by atoms with Gasteiger partial charge in [0, 0.05) is 10.7 Å². The summed E-state index contributed by atoms with van der Waals surface area (Å²) in [6, 6.07) is 14.3. The van der Waals surface area contributed by atoms with Gasteiger partial charge in [-0.3, -0.25) is 0 Å². The summed E-state index contributed by atoms with van der Waals surface area (Å²) in [5, 5.41) is 6.41. The van der Waals surface area contributed by atoms with Crippen LogP contribution >= 0.6 is 11.6 Å². The highest BCUT2D eigenvalue weighted by Gasteiger charge is 2.22. The van der Waals surface area contributed by atoms with E-state index in [0.717, 1.165) is 11.3 Å². The lowest BCUT2D eigenvalue weighted by Crippen LogP contribution is -2.43. The molecule has 2 N–H and O–H groups in total. The average Bonchev–Trinajstić information content (AvgIpc) is 2.48. The Hall–Kier alpha value is -2.20. The summed E-state index contributed by atoms with van der Waals surface area (Å²) in [7, 11) is 1.60. The number of urea groups is 1. The predicted molar refractivity (Wildman–Crippen MR) is 89.6 cm³/mol. The highest BCUT2D eigenvalue weighted by Crippen LogP contribution is 2.22. The molecule has 0 saturated carbocycles. The van der Waals surface area contributed by atoms with Gasteiger partial charge in [0.05, 0.1) is 12.6 Å². The molecule has 22 heavy (non-hydrogen) atoms. The van der Waals surface area contributed by atoms with E-state index in [1.165, 1.54) is 0 Å². The molecule has 0 fully saturated rings. The van der Waals surface area contributed by atoms with E-state index < -0.39 is 5.54 Å². The minimum absolute atomic E-state index is 0.273. The molecule has 0 aliphatic heterocycles. The fraction of sp³-hybridized carbons (Fsp3) is 0.235. The van der Waals surface area contributed by atoms with Gasteiger partial charge in [0.15, 0.2) is 0 Å². The van der Waals surface area contributed by atoms with Crippen LogP contribution in [-0.2, 0) is 5.54 Å². The van der Waals surface area contributed by atoms with Crippen LogP contribution in [0.1, 0.15) is 19.4 Å². The van der Waals surface area contributed by atoms with Gasteiger partial charge in [-0.2, -0.15) is 0 Å². The first kappa shape index (κ1) is 16.2. The number of carbonyl (C=O) groups excluding carboxylic acids is 1. The molecular formula is C17H19ClN2O2. The molecule has 0 aliphatic rings. The minimum Gasteiger partial charge on any atom is -0.497 e. The number of carbonyl (C=O) groups is 1. The second-order valence-electron chi connectivity index (χ2n) is 5.44. The molecule has 0 spiro atoms. The van der Waals surface area contributed by atoms with Crippen LogP contribution < -0.4 is 15.4 Å². The molecule has 0 bridgehead atoms. The number of hydrogen-bond acceptors (Lipinski definition) is 2. The molecular weight excluding hydrogens is 300 g/mol. The van der Waals surface area contributed by atoms with Crippen molar-refractivity contribution in [3.63, 3.8) is 0 Å². The second-order valence-corrected chi connectivity index (χ2v) is 5.88. The number of benzene rings is 2. The summed E-state index contributed by atoms with van der Waals surface area (Å²) in [4.78, 5) is 12.1. The van der Waals surface area contributed by atoms with Crippen LogP contribution in [0.2, 0.25) is 5.02 Å². The average molecular weight is 319 g/mol. The topological polar surface area (TPSA) is 50.4 Å². The van der Waals surface area contributed by atoms with E-state index in [1.54, 1.807) is 31.4 Å². The maximum atomic E-state index is 12.1. The summed E-state index contributed by atoms with van der Waals surface area (Å²) < 4.78 is 5.08. The molecule has 2 aromatic rings. The van der Waals surface area contributed by atoms with Crippen molar-refractivity contribution in [2.75, 3.05) is 12.4 Å². The SMILES string of the molecule is COc1ccc(NC(=O)NC(C)(C)c2ccc(Cl)cc2)cc1. The standard InChI is InChI=1S/C17H19ClN2O2/c1-17(2,12-4-6-13(18)7-5-12)20-16(21)19-14-8-10-15(22-3)11-9-14/h4-11H,1-3H3,(H2,19,20,21). The van der Waals surface area contributed by atoms with Crippen molar-refractivity contribution >= 4 is 23.3 Å². The van der Waals surface area contributed by atoms with Gasteiger partial charge in [-0.15, -0.1) is 0 Å². The highest BCUT2D eigenvalue weighted by molar-refractivity contribution is 6.30. The zero-order chi connectivity index (χ0) is 16.2. The van der Waals surface area contributed by atoms with Crippen molar-refractivity contribution in [3.8, 4) is 5.75 Å². The molecule has 0 unspecified atom stereocenters. The summed E-state index contributed by atoms with van der Waals surface area (Å²) in [5.74, 6) is 0.743. The van der Waals surface area contributed by atoms with Gasteiger partial charge in [-0.05, 0) is 55.8 Å². The maximum absolute atomic E-state index is 12.1. The smallest absolute Gasteiger partial charge is 0.319 e. The van der Waals surface area contributed by atoms with Gasteiger partial charge >= 0.3 is 6.03 Å². The van der Waals surface area contributed by atoms with Gasteiger partial charge in [0.2, 0.25) is 0 Å². The monoisotopic (exact) mass is 318 g/mol. The van der Waals surface area contributed by atoms with Crippen molar-refractivity contribution in [3.05, 3.63) is 59.1 Å². The van der Waals surface area contributed by atoms with E-state index in [4.69, 9.17) is 16.3 Å². The van der Waals surface area contributed by atoms with Crippen molar-refractivity contribution in [1.82, 2.24) is 5.32 Å². The first-order chi connectivity index (χ1) is 10.4. The molecule has 0 atom stereocenters. The minimum atomic E-state index is -0.513. The van der Waals surface area contributed by atoms with E-state index >= 15 is 0 Å². The molecule has 5 heteroatoms. The number of rotatable bonds is 4. The fourth-order valence-electron chi connectivity index (χ4n) is 2.06. The highest BCUT2D eigenvalue weighted by atomic mass is 35.5. The molecule has 2 rings (SSSR count). The van der Waals surface area contributed by atoms with Crippen LogP contribution in [0.15, 0.2) is 48.5 Å². The number of nitrogens with one attached hydrogen (secondary N) is 2. The lowest BCUT2D eigenvalue weighted by molar-refractivity contribution is 0.242. The van der Waals surface area contributed by atoms with E-state index in [0.29, 0.717) is 10.7 Å². The first-order valence-electron chi connectivity index (χ1n) is 6.90. The number of anilines is 1. The van der Waals surface area contributed by atoms with Crippen LogP contribution in [0.5, 0.6) is 5.75 Å². The van der Waals surface area contributed by atoms with E-state index in [1.807, 2.05) is 38.1 Å². The number of amides is 2. The number of methoxy groups -OCH3 is 1. The quantitative estimate of drug-likeness (QED) is 0.877. The van der Waals surface area contributed by atoms with Gasteiger partial charge in [0.1, 0.15) is 5.75 Å². The zero-order valence-corrected chi connectivity index (χ0v) is 13.6. The molecule has 2 aromatic carbocycles. The van der Waals surface area contributed by atoms with Gasteiger partial charge in [0.25, 0.3) is 0 Å². The number of ether oxygens (including phenoxy) is 1. The van der Waals surface area contributed by atoms with Crippen molar-refractivity contribution in [1.29, 1.82) is 0 Å². The maximum Gasteiger partial charge on any atom is 0.319 e. The third-order valence-corrected chi connectivity index (χ3v) is 3.59. The third-order valence-electron chi connectivity index (χ3n) is 3.34. The van der Waals surface area contributed by atoms with Crippen molar-refractivity contribution < 1.29 is 9.53 Å². The largest absolute Gasteiger partial charge is 0.497 e. The van der Waals surface area contributed by atoms with Crippen molar-refractivity contribution in [2.24, 2.45) is 0 Å². The van der Waals surface area contributed by atoms with Crippen molar-refractivity contribution in [2.45, 2.75) is 19.4 Å². The molecule has 4 nitrogen and oxygen atoms in total. The Balaban J connectivity index is 2.02. The van der Waals surface area contributed by atoms with E-state index in [9.17, 15) is 4.79 Å². The van der Waals surface area contributed by atoms with E-state index in [-0.39, 0.29) is 6.03 Å². The lowest BCUT2D eigenvalue weighted by Gasteiger charge is -2.27. The predicted octanol–water partition coefficient (Wildman–Crippen LogP) is 4.41. The van der Waals surface area contributed by atoms with Crippen LogP contribution in [-0.4, -0.2) is 13.1 Å². The Kier molecular flexibility index (Phi) is 4.93. The molecule has 0 aliphatic carbocycles. The Morgan fingerprint density at radius 3 is 2.18 bits per heavy atom. The van der Waals surface area contributed by atoms with Gasteiger partial charge < -0.3 is 15.4 Å². The Morgan fingerprint density at radius 2 is 1.64 bits per heavy atom. The Labute approximate surface area is 135 Å². The normalized spacial score (nSPS) is 10.9. The van der Waals surface area contributed by atoms with Gasteiger partial charge in [-0.1, -0.05) is 23.7 Å². The van der Waals surface area contributed by atoms with Crippen LogP contribution in [0.4, 0.5) is 10.5 Å². The second kappa shape index (κ2) is 6.71. The first-order valence-corrected chi connectivity index (χ1v) is 7.28. The lowest BCUT2D eigenvalue weighted by atomic mass is 9.94. The molecule has 0 heterocycles. The third kappa shape index (κ3) is 4.15. The molecule has 0 radical (unpaired) electrons. The summed E-state index contributed by atoms with van der Waals surface area (Å²) in [5.41, 5.74) is 1.16. The Bertz CT molecular complexity index is 637. The molecule has 0 aromatic heterocycles. The Morgan fingerprint density at radius 1 is 1.05 bits per heavy atom. The fourth-order valence-corrected chi connectivity index (χ4v) is 2.19. The number of halogens is 1. The molecule has 2 amide bonds. The van der Waals surface area contributed by atoms with E-state index in [2.05, 4.69) is 10.6 Å². The van der Waals surface area contributed by atoms with Crippen LogP contribution in [0.25, 0.3) is 0 Å².